The Hall–Kier alpha value is -0.810. The second-order valence-corrected chi connectivity index (χ2v) is 4.29. The van der Waals surface area contributed by atoms with Crippen LogP contribution in [0.2, 0.25) is 0 Å². The molecule has 0 heterocycles. The molecule has 0 aliphatic rings. The summed E-state index contributed by atoms with van der Waals surface area (Å²) in [6.45, 7) is -1.34. The summed E-state index contributed by atoms with van der Waals surface area (Å²) < 4.78 is 52.9. The maximum Gasteiger partial charge on any atom is 0.411 e. The third-order valence-corrected chi connectivity index (χ3v) is 2.71. The lowest BCUT2D eigenvalue weighted by molar-refractivity contribution is -0.176. The van der Waals surface area contributed by atoms with E-state index in [0.717, 1.165) is 5.56 Å². The van der Waals surface area contributed by atoms with E-state index in [-0.39, 0.29) is 24.2 Å². The minimum atomic E-state index is -4.33. The predicted molar refractivity (Wildman–Crippen MR) is 61.2 cm³/mol. The number of hydrogen-bond acceptors (Lipinski definition) is 1. The van der Waals surface area contributed by atoms with E-state index in [4.69, 9.17) is 11.6 Å². The van der Waals surface area contributed by atoms with Crippen molar-refractivity contribution < 1.29 is 22.3 Å². The summed E-state index contributed by atoms with van der Waals surface area (Å²) in [6.07, 6.45) is -3.87. The van der Waals surface area contributed by atoms with Gasteiger partial charge in [-0.15, -0.1) is 11.6 Å². The van der Waals surface area contributed by atoms with Crippen molar-refractivity contribution in [3.8, 4) is 0 Å². The Labute approximate surface area is 108 Å². The number of hydrogen-bond donors (Lipinski definition) is 0. The first-order chi connectivity index (χ1) is 8.40. The first-order valence-corrected chi connectivity index (χ1v) is 5.89. The van der Waals surface area contributed by atoms with E-state index >= 15 is 0 Å². The van der Waals surface area contributed by atoms with Crippen LogP contribution >= 0.6 is 11.6 Å². The van der Waals surface area contributed by atoms with Gasteiger partial charge in [-0.05, 0) is 30.0 Å². The fourth-order valence-electron chi connectivity index (χ4n) is 1.45. The van der Waals surface area contributed by atoms with E-state index in [2.05, 4.69) is 4.74 Å². The molecule has 1 aromatic rings. The van der Waals surface area contributed by atoms with Gasteiger partial charge >= 0.3 is 6.18 Å². The maximum absolute atomic E-state index is 12.7. The van der Waals surface area contributed by atoms with Gasteiger partial charge in [0.25, 0.3) is 0 Å². The molecule has 0 N–H and O–H groups in total. The summed E-state index contributed by atoms with van der Waals surface area (Å²) in [7, 11) is 0. The minimum absolute atomic E-state index is 0.0691. The fourth-order valence-corrected chi connectivity index (χ4v) is 1.65. The Kier molecular flexibility index (Phi) is 5.88. The topological polar surface area (TPSA) is 9.23 Å². The molecular weight excluding hydrogens is 272 g/mol. The Bertz CT molecular complexity index is 350. The number of benzene rings is 1. The van der Waals surface area contributed by atoms with Gasteiger partial charge in [0.2, 0.25) is 0 Å². The summed E-state index contributed by atoms with van der Waals surface area (Å²) in [5, 5.41) is 0. The van der Waals surface area contributed by atoms with Gasteiger partial charge in [-0.25, -0.2) is 4.39 Å². The predicted octanol–water partition coefficient (Wildman–Crippen LogP) is 3.80. The summed E-state index contributed by atoms with van der Waals surface area (Å²) in [6, 6.07) is 5.77. The lowest BCUT2D eigenvalue weighted by Gasteiger charge is -2.15. The standard InChI is InChI=1S/C12H13ClF4O/c13-6-10(7-18-8-12(15,16)17)5-9-1-3-11(14)4-2-9/h1-4,10H,5-8H2. The molecule has 0 amide bonds. The third kappa shape index (κ3) is 6.21. The number of ether oxygens (including phenoxy) is 1. The van der Waals surface area contributed by atoms with Gasteiger partial charge in [0, 0.05) is 5.88 Å². The molecule has 0 aliphatic heterocycles. The summed E-state index contributed by atoms with van der Waals surface area (Å²) in [5.41, 5.74) is 0.817. The van der Waals surface area contributed by atoms with E-state index in [1.165, 1.54) is 12.1 Å². The molecule has 1 unspecified atom stereocenters. The van der Waals surface area contributed by atoms with Crippen molar-refractivity contribution in [2.45, 2.75) is 12.6 Å². The normalized spacial score (nSPS) is 13.6. The van der Waals surface area contributed by atoms with Crippen molar-refractivity contribution in [1.82, 2.24) is 0 Å². The van der Waals surface area contributed by atoms with Crippen molar-refractivity contribution in [3.63, 3.8) is 0 Å². The Morgan fingerprint density at radius 1 is 1.17 bits per heavy atom. The molecule has 102 valence electrons. The highest BCUT2D eigenvalue weighted by Crippen LogP contribution is 2.17. The largest absolute Gasteiger partial charge is 0.411 e. The highest BCUT2D eigenvalue weighted by molar-refractivity contribution is 6.18. The summed E-state index contributed by atoms with van der Waals surface area (Å²) >= 11 is 5.66. The van der Waals surface area contributed by atoms with Crippen LogP contribution in [0.15, 0.2) is 24.3 Å². The lowest BCUT2D eigenvalue weighted by Crippen LogP contribution is -2.22. The van der Waals surface area contributed by atoms with Gasteiger partial charge in [0.05, 0.1) is 6.61 Å². The van der Waals surface area contributed by atoms with Gasteiger partial charge in [0.15, 0.2) is 0 Å². The summed E-state index contributed by atoms with van der Waals surface area (Å²) in [4.78, 5) is 0. The zero-order valence-corrected chi connectivity index (χ0v) is 10.3. The minimum Gasteiger partial charge on any atom is -0.372 e. The van der Waals surface area contributed by atoms with Crippen molar-refractivity contribution in [1.29, 1.82) is 0 Å². The Balaban J connectivity index is 2.40. The van der Waals surface area contributed by atoms with Gasteiger partial charge < -0.3 is 4.74 Å². The van der Waals surface area contributed by atoms with Crippen molar-refractivity contribution in [2.75, 3.05) is 19.1 Å². The van der Waals surface area contributed by atoms with Crippen LogP contribution < -0.4 is 0 Å². The van der Waals surface area contributed by atoms with E-state index < -0.39 is 12.8 Å². The van der Waals surface area contributed by atoms with Gasteiger partial charge in [-0.2, -0.15) is 13.2 Å². The second-order valence-electron chi connectivity index (χ2n) is 3.98. The zero-order chi connectivity index (χ0) is 13.6. The first kappa shape index (κ1) is 15.2. The van der Waals surface area contributed by atoms with Crippen LogP contribution in [0.3, 0.4) is 0 Å². The quantitative estimate of drug-likeness (QED) is 0.570. The molecule has 0 spiro atoms. The molecule has 1 rings (SSSR count). The molecule has 0 aliphatic carbocycles. The fraction of sp³-hybridized carbons (Fsp3) is 0.500. The first-order valence-electron chi connectivity index (χ1n) is 5.35. The smallest absolute Gasteiger partial charge is 0.372 e. The van der Waals surface area contributed by atoms with Crippen LogP contribution in [0.5, 0.6) is 0 Å². The van der Waals surface area contributed by atoms with Crippen molar-refractivity contribution in [3.05, 3.63) is 35.6 Å². The molecule has 1 aromatic carbocycles. The molecule has 0 fully saturated rings. The average Bonchev–Trinajstić information content (AvgIpc) is 2.29. The molecule has 18 heavy (non-hydrogen) atoms. The average molecular weight is 285 g/mol. The zero-order valence-electron chi connectivity index (χ0n) is 9.51. The molecule has 0 aromatic heterocycles. The SMILES string of the molecule is Fc1ccc(CC(CCl)COCC(F)(F)F)cc1. The van der Waals surface area contributed by atoms with E-state index in [1.54, 1.807) is 12.1 Å². The summed E-state index contributed by atoms with van der Waals surface area (Å²) in [5.74, 6) is -0.385. The Morgan fingerprint density at radius 2 is 1.78 bits per heavy atom. The third-order valence-electron chi connectivity index (χ3n) is 2.28. The van der Waals surface area contributed by atoms with Crippen LogP contribution in [0.4, 0.5) is 17.6 Å². The molecule has 0 saturated carbocycles. The number of rotatable bonds is 6. The van der Waals surface area contributed by atoms with Crippen molar-refractivity contribution in [2.24, 2.45) is 5.92 Å². The van der Waals surface area contributed by atoms with Gasteiger partial charge in [-0.3, -0.25) is 0 Å². The number of halogens is 5. The molecule has 6 heteroatoms. The Morgan fingerprint density at radius 3 is 2.28 bits per heavy atom. The monoisotopic (exact) mass is 284 g/mol. The van der Waals surface area contributed by atoms with Crippen LogP contribution in [0.1, 0.15) is 5.56 Å². The van der Waals surface area contributed by atoms with Gasteiger partial charge in [-0.1, -0.05) is 12.1 Å². The molecule has 0 radical (unpaired) electrons. The molecule has 0 bridgehead atoms. The second kappa shape index (κ2) is 6.95. The maximum atomic E-state index is 12.7. The highest BCUT2D eigenvalue weighted by Gasteiger charge is 2.27. The lowest BCUT2D eigenvalue weighted by atomic mass is 10.0. The van der Waals surface area contributed by atoms with Crippen LogP contribution in [-0.2, 0) is 11.2 Å². The molecule has 1 atom stereocenters. The molecule has 1 nitrogen and oxygen atoms in total. The van der Waals surface area contributed by atoms with E-state index in [0.29, 0.717) is 6.42 Å². The van der Waals surface area contributed by atoms with Crippen molar-refractivity contribution >= 4 is 11.6 Å². The van der Waals surface area contributed by atoms with Gasteiger partial charge in [0.1, 0.15) is 12.4 Å². The van der Waals surface area contributed by atoms with E-state index in [9.17, 15) is 17.6 Å². The molecular formula is C12H13ClF4O. The van der Waals surface area contributed by atoms with Crippen LogP contribution in [0.25, 0.3) is 0 Å². The van der Waals surface area contributed by atoms with Crippen LogP contribution in [-0.4, -0.2) is 25.3 Å². The molecule has 0 saturated heterocycles. The highest BCUT2D eigenvalue weighted by atomic mass is 35.5. The van der Waals surface area contributed by atoms with E-state index in [1.807, 2.05) is 0 Å². The van der Waals surface area contributed by atoms with Crippen LogP contribution in [0, 0.1) is 11.7 Å². The number of alkyl halides is 4.